The van der Waals surface area contributed by atoms with Crippen molar-refractivity contribution in [2.75, 3.05) is 13.2 Å². The summed E-state index contributed by atoms with van der Waals surface area (Å²) in [5.41, 5.74) is -0.995. The van der Waals surface area contributed by atoms with Gasteiger partial charge >= 0.3 is 0 Å². The smallest absolute Gasteiger partial charge is 0.261 e. The minimum Gasteiger partial charge on any atom is -0.507 e. The summed E-state index contributed by atoms with van der Waals surface area (Å²) in [6.45, 7) is 2.05. The van der Waals surface area contributed by atoms with Crippen molar-refractivity contribution < 1.29 is 19.4 Å². The Morgan fingerprint density at radius 2 is 2.28 bits per heavy atom. The van der Waals surface area contributed by atoms with E-state index in [9.17, 15) is 19.4 Å². The molecule has 1 aromatic rings. The summed E-state index contributed by atoms with van der Waals surface area (Å²) < 4.78 is 13.6. The molecule has 1 atom stereocenters. The van der Waals surface area contributed by atoms with E-state index >= 15 is 0 Å². The number of halogens is 1. The van der Waals surface area contributed by atoms with Crippen LogP contribution in [-0.4, -0.2) is 39.7 Å². The summed E-state index contributed by atoms with van der Waals surface area (Å²) in [6.07, 6.45) is 1.43. The van der Waals surface area contributed by atoms with Gasteiger partial charge in [-0.3, -0.25) is 4.79 Å². The predicted octanol–water partition coefficient (Wildman–Crippen LogP) is 1.52. The van der Waals surface area contributed by atoms with Crippen LogP contribution in [0.25, 0.3) is 0 Å². The normalized spacial score (nSPS) is 23.4. The minimum absolute atomic E-state index is 0.173. The summed E-state index contributed by atoms with van der Waals surface area (Å²) in [4.78, 5) is 13.7. The molecule has 1 amide bonds. The number of rotatable bonds is 2. The number of benzene rings is 1. The quantitative estimate of drug-likeness (QED) is 0.840. The second-order valence-corrected chi connectivity index (χ2v) is 4.85. The zero-order chi connectivity index (χ0) is 13.3. The van der Waals surface area contributed by atoms with E-state index in [1.165, 1.54) is 17.0 Å². The fraction of sp³-hybridized carbons (Fsp3) is 0.462. The minimum atomic E-state index is -0.743. The van der Waals surface area contributed by atoms with Crippen molar-refractivity contribution in [1.82, 2.24) is 4.90 Å². The Kier molecular flexibility index (Phi) is 3.26. The van der Waals surface area contributed by atoms with Crippen LogP contribution in [0.3, 0.4) is 0 Å². The molecule has 4 nitrogen and oxygen atoms in total. The van der Waals surface area contributed by atoms with Gasteiger partial charge < -0.3 is 15.1 Å². The van der Waals surface area contributed by atoms with E-state index in [0.29, 0.717) is 13.0 Å². The number of hydrogen-bond donors (Lipinski definition) is 2. The van der Waals surface area contributed by atoms with Crippen molar-refractivity contribution >= 4 is 5.91 Å². The number of phenolic OH excluding ortho intramolecular Hbond substituents is 1. The average Bonchev–Trinajstić information content (AvgIpc) is 2.71. The third kappa shape index (κ3) is 1.95. The maximum Gasteiger partial charge on any atom is 0.261 e. The number of aliphatic hydroxyl groups excluding tert-OH is 1. The molecule has 0 aromatic heterocycles. The highest BCUT2D eigenvalue weighted by atomic mass is 19.1. The van der Waals surface area contributed by atoms with E-state index in [0.717, 1.165) is 12.5 Å². The summed E-state index contributed by atoms with van der Waals surface area (Å²) in [7, 11) is 0. The molecule has 2 rings (SSSR count). The number of nitrogens with zero attached hydrogens (tertiary/aromatic N) is 1. The number of amides is 1. The second-order valence-electron chi connectivity index (χ2n) is 4.85. The lowest BCUT2D eigenvalue weighted by molar-refractivity contribution is 0.0466. The van der Waals surface area contributed by atoms with Gasteiger partial charge in [-0.25, -0.2) is 4.39 Å². The van der Waals surface area contributed by atoms with E-state index in [2.05, 4.69) is 0 Å². The van der Waals surface area contributed by atoms with Crippen LogP contribution in [0.5, 0.6) is 5.75 Å². The number of phenols is 1. The molecule has 0 radical (unpaired) electrons. The maximum atomic E-state index is 13.6. The number of aromatic hydroxyl groups is 1. The molecule has 5 heteroatoms. The molecule has 18 heavy (non-hydrogen) atoms. The Hall–Kier alpha value is -1.62. The van der Waals surface area contributed by atoms with Gasteiger partial charge in [0.2, 0.25) is 0 Å². The molecule has 98 valence electrons. The summed E-state index contributed by atoms with van der Waals surface area (Å²) >= 11 is 0. The van der Waals surface area contributed by atoms with Crippen molar-refractivity contribution in [2.24, 2.45) is 0 Å². The van der Waals surface area contributed by atoms with Crippen molar-refractivity contribution in [3.63, 3.8) is 0 Å². The molecule has 1 aliphatic rings. The average molecular weight is 253 g/mol. The molecule has 0 spiro atoms. The monoisotopic (exact) mass is 253 g/mol. The number of likely N-dealkylation sites (tertiary alicyclic amines) is 1. The third-order valence-corrected chi connectivity index (χ3v) is 3.54. The topological polar surface area (TPSA) is 60.8 Å². The molecule has 1 aliphatic heterocycles. The zero-order valence-corrected chi connectivity index (χ0v) is 10.2. The summed E-state index contributed by atoms with van der Waals surface area (Å²) in [6, 6.07) is 3.76. The Morgan fingerprint density at radius 3 is 2.89 bits per heavy atom. The fourth-order valence-electron chi connectivity index (χ4n) is 2.39. The van der Waals surface area contributed by atoms with Crippen LogP contribution in [-0.2, 0) is 0 Å². The number of carbonyl (C=O) groups excluding carboxylic acids is 1. The van der Waals surface area contributed by atoms with Gasteiger partial charge in [-0.1, -0.05) is 6.07 Å². The van der Waals surface area contributed by atoms with Crippen LogP contribution >= 0.6 is 0 Å². The van der Waals surface area contributed by atoms with E-state index in [-0.39, 0.29) is 17.9 Å². The lowest BCUT2D eigenvalue weighted by Gasteiger charge is -2.33. The zero-order valence-electron chi connectivity index (χ0n) is 10.2. The molecule has 1 aromatic carbocycles. The van der Waals surface area contributed by atoms with Crippen LogP contribution in [0.15, 0.2) is 18.2 Å². The fourth-order valence-corrected chi connectivity index (χ4v) is 2.39. The highest BCUT2D eigenvalue weighted by molar-refractivity contribution is 5.97. The largest absolute Gasteiger partial charge is 0.507 e. The Morgan fingerprint density at radius 1 is 1.56 bits per heavy atom. The van der Waals surface area contributed by atoms with Crippen molar-refractivity contribution in [3.8, 4) is 5.75 Å². The van der Waals surface area contributed by atoms with Gasteiger partial charge in [-0.05, 0) is 31.9 Å². The van der Waals surface area contributed by atoms with Crippen LogP contribution in [0.2, 0.25) is 0 Å². The molecular formula is C13H16FNO3. The highest BCUT2D eigenvalue weighted by Crippen LogP contribution is 2.32. The molecule has 1 saturated heterocycles. The van der Waals surface area contributed by atoms with Gasteiger partial charge in [0.25, 0.3) is 5.91 Å². The first-order valence-corrected chi connectivity index (χ1v) is 5.90. The lowest BCUT2D eigenvalue weighted by Crippen LogP contribution is -2.47. The van der Waals surface area contributed by atoms with E-state index in [1.54, 1.807) is 6.92 Å². The van der Waals surface area contributed by atoms with Gasteiger partial charge in [0.05, 0.1) is 12.1 Å². The van der Waals surface area contributed by atoms with E-state index in [4.69, 9.17) is 0 Å². The molecule has 0 aliphatic carbocycles. The predicted molar refractivity (Wildman–Crippen MR) is 63.8 cm³/mol. The van der Waals surface area contributed by atoms with Crippen LogP contribution < -0.4 is 0 Å². The summed E-state index contributed by atoms with van der Waals surface area (Å²) in [5.74, 6) is -1.68. The number of aliphatic hydroxyl groups is 1. The van der Waals surface area contributed by atoms with Gasteiger partial charge in [0.15, 0.2) is 0 Å². The number of carbonyl (C=O) groups is 1. The van der Waals surface area contributed by atoms with Crippen molar-refractivity contribution in [2.45, 2.75) is 25.3 Å². The molecule has 0 saturated carbocycles. The third-order valence-electron chi connectivity index (χ3n) is 3.54. The van der Waals surface area contributed by atoms with Crippen LogP contribution in [0, 0.1) is 5.82 Å². The Labute approximate surface area is 105 Å². The molecule has 2 N–H and O–H groups in total. The summed E-state index contributed by atoms with van der Waals surface area (Å²) in [5, 5.41) is 19.0. The highest BCUT2D eigenvalue weighted by Gasteiger charge is 2.40. The van der Waals surface area contributed by atoms with Crippen LogP contribution in [0.4, 0.5) is 4.39 Å². The van der Waals surface area contributed by atoms with Gasteiger partial charge in [-0.2, -0.15) is 0 Å². The first kappa shape index (κ1) is 12.8. The molecular weight excluding hydrogens is 237 g/mol. The van der Waals surface area contributed by atoms with Gasteiger partial charge in [-0.15, -0.1) is 0 Å². The van der Waals surface area contributed by atoms with Crippen LogP contribution in [0.1, 0.15) is 30.1 Å². The molecule has 1 fully saturated rings. The SMILES string of the molecule is C[C@]1(CO)CCCN1C(=O)c1c(O)cccc1F. The number of hydrogen-bond acceptors (Lipinski definition) is 3. The Bertz CT molecular complexity index is 457. The first-order valence-electron chi connectivity index (χ1n) is 5.90. The Balaban J connectivity index is 2.38. The molecule has 0 unspecified atom stereocenters. The van der Waals surface area contributed by atoms with E-state index in [1.807, 2.05) is 0 Å². The van der Waals surface area contributed by atoms with Gasteiger partial charge in [0, 0.05) is 6.54 Å². The van der Waals surface area contributed by atoms with E-state index < -0.39 is 17.3 Å². The standard InChI is InChI=1S/C13H16FNO3/c1-13(8-16)6-3-7-15(13)12(18)11-9(14)4-2-5-10(11)17/h2,4-5,16-17H,3,6-8H2,1H3/t13-/m1/s1. The molecule has 1 heterocycles. The maximum absolute atomic E-state index is 13.6. The molecule has 0 bridgehead atoms. The first-order chi connectivity index (χ1) is 8.49. The van der Waals surface area contributed by atoms with Gasteiger partial charge in [0.1, 0.15) is 17.1 Å². The van der Waals surface area contributed by atoms with Crippen molar-refractivity contribution in [1.29, 1.82) is 0 Å². The van der Waals surface area contributed by atoms with Crippen molar-refractivity contribution in [3.05, 3.63) is 29.6 Å². The second kappa shape index (κ2) is 4.57. The lowest BCUT2D eigenvalue weighted by atomic mass is 9.99.